The lowest BCUT2D eigenvalue weighted by molar-refractivity contribution is 0.287. The van der Waals surface area contributed by atoms with Gasteiger partial charge in [0.05, 0.1) is 11.7 Å². The molecular weight excluding hydrogens is 236 g/mol. The van der Waals surface area contributed by atoms with E-state index < -0.39 is 0 Å². The van der Waals surface area contributed by atoms with Crippen LogP contribution in [0, 0.1) is 0 Å². The molecule has 4 heteroatoms. The van der Waals surface area contributed by atoms with Crippen LogP contribution in [-0.2, 0) is 12.1 Å². The van der Waals surface area contributed by atoms with Crippen LogP contribution < -0.4 is 5.32 Å². The predicted octanol–water partition coefficient (Wildman–Crippen LogP) is 2.46. The molecule has 4 nitrogen and oxygen atoms in total. The standard InChI is InChI=1S/C15H30N4/c1-6-9-18(7-2)10-8-16-11-14-12-17-19(13-14)15(3,4)5/h12-13,16H,6-11H2,1-5H3. The zero-order valence-electron chi connectivity index (χ0n) is 13.2. The van der Waals surface area contributed by atoms with Crippen molar-refractivity contribution in [2.75, 3.05) is 26.2 Å². The number of likely N-dealkylation sites (N-methyl/N-ethyl adjacent to an activating group) is 1. The van der Waals surface area contributed by atoms with Crippen LogP contribution in [0.1, 0.15) is 46.6 Å². The molecule has 0 unspecified atom stereocenters. The third kappa shape index (κ3) is 5.74. The van der Waals surface area contributed by atoms with Crippen LogP contribution in [0.2, 0.25) is 0 Å². The van der Waals surface area contributed by atoms with E-state index in [9.17, 15) is 0 Å². The monoisotopic (exact) mass is 266 g/mol. The Kier molecular flexibility index (Phi) is 6.52. The van der Waals surface area contributed by atoms with Gasteiger partial charge in [-0.25, -0.2) is 0 Å². The number of rotatable bonds is 8. The van der Waals surface area contributed by atoms with Gasteiger partial charge in [0.1, 0.15) is 0 Å². The summed E-state index contributed by atoms with van der Waals surface area (Å²) in [6.07, 6.45) is 5.32. The van der Waals surface area contributed by atoms with Gasteiger partial charge in [-0.2, -0.15) is 5.10 Å². The maximum absolute atomic E-state index is 4.41. The van der Waals surface area contributed by atoms with Gasteiger partial charge in [-0.15, -0.1) is 0 Å². The quantitative estimate of drug-likeness (QED) is 0.734. The van der Waals surface area contributed by atoms with Crippen LogP contribution in [0.5, 0.6) is 0 Å². The van der Waals surface area contributed by atoms with Gasteiger partial charge in [0.2, 0.25) is 0 Å². The molecule has 110 valence electrons. The summed E-state index contributed by atoms with van der Waals surface area (Å²) in [5.74, 6) is 0. The van der Waals surface area contributed by atoms with E-state index in [1.54, 1.807) is 0 Å². The first kappa shape index (κ1) is 16.2. The van der Waals surface area contributed by atoms with Gasteiger partial charge in [0.25, 0.3) is 0 Å². The van der Waals surface area contributed by atoms with E-state index in [-0.39, 0.29) is 5.54 Å². The fourth-order valence-electron chi connectivity index (χ4n) is 2.03. The summed E-state index contributed by atoms with van der Waals surface area (Å²) in [7, 11) is 0. The summed E-state index contributed by atoms with van der Waals surface area (Å²) in [6, 6.07) is 0. The van der Waals surface area contributed by atoms with Gasteiger partial charge >= 0.3 is 0 Å². The van der Waals surface area contributed by atoms with Crippen molar-refractivity contribution in [2.45, 2.75) is 53.1 Å². The van der Waals surface area contributed by atoms with Crippen LogP contribution in [0.25, 0.3) is 0 Å². The molecule has 1 N–H and O–H groups in total. The SMILES string of the molecule is CCCN(CC)CCNCc1cnn(C(C)(C)C)c1. The predicted molar refractivity (Wildman–Crippen MR) is 81.3 cm³/mol. The highest BCUT2D eigenvalue weighted by Gasteiger charge is 2.13. The van der Waals surface area contributed by atoms with E-state index in [2.05, 4.69) is 56.1 Å². The molecule has 0 radical (unpaired) electrons. The van der Waals surface area contributed by atoms with E-state index in [0.29, 0.717) is 0 Å². The lowest BCUT2D eigenvalue weighted by atomic mass is 10.1. The van der Waals surface area contributed by atoms with E-state index in [4.69, 9.17) is 0 Å². The smallest absolute Gasteiger partial charge is 0.0543 e. The molecule has 1 rings (SSSR count). The Balaban J connectivity index is 2.28. The molecule has 19 heavy (non-hydrogen) atoms. The molecule has 0 aromatic carbocycles. The van der Waals surface area contributed by atoms with Crippen LogP contribution in [0.3, 0.4) is 0 Å². The van der Waals surface area contributed by atoms with Gasteiger partial charge < -0.3 is 10.2 Å². The second-order valence-corrected chi connectivity index (χ2v) is 6.08. The first-order valence-corrected chi connectivity index (χ1v) is 7.44. The molecule has 0 amide bonds. The molecule has 0 aliphatic rings. The fraction of sp³-hybridized carbons (Fsp3) is 0.800. The van der Waals surface area contributed by atoms with E-state index in [0.717, 1.165) is 26.2 Å². The first-order chi connectivity index (χ1) is 8.97. The lowest BCUT2D eigenvalue weighted by Crippen LogP contribution is -2.32. The van der Waals surface area contributed by atoms with E-state index in [1.807, 2.05) is 10.9 Å². The number of hydrogen-bond acceptors (Lipinski definition) is 3. The second kappa shape index (κ2) is 7.65. The van der Waals surface area contributed by atoms with Crippen molar-refractivity contribution in [3.63, 3.8) is 0 Å². The fourth-order valence-corrected chi connectivity index (χ4v) is 2.03. The van der Waals surface area contributed by atoms with Crippen LogP contribution in [-0.4, -0.2) is 40.9 Å². The van der Waals surface area contributed by atoms with Crippen LogP contribution >= 0.6 is 0 Å². The summed E-state index contributed by atoms with van der Waals surface area (Å²) in [5.41, 5.74) is 1.33. The second-order valence-electron chi connectivity index (χ2n) is 6.08. The molecule has 0 saturated carbocycles. The van der Waals surface area contributed by atoms with Gasteiger partial charge in [0.15, 0.2) is 0 Å². The van der Waals surface area contributed by atoms with Gasteiger partial charge in [-0.05, 0) is 40.3 Å². The van der Waals surface area contributed by atoms with E-state index >= 15 is 0 Å². The summed E-state index contributed by atoms with van der Waals surface area (Å²) in [4.78, 5) is 2.48. The lowest BCUT2D eigenvalue weighted by Gasteiger charge is -2.19. The molecule has 1 heterocycles. The Bertz CT molecular complexity index is 351. The Morgan fingerprint density at radius 2 is 2.00 bits per heavy atom. The Hall–Kier alpha value is -0.870. The Morgan fingerprint density at radius 1 is 1.26 bits per heavy atom. The topological polar surface area (TPSA) is 33.1 Å². The summed E-state index contributed by atoms with van der Waals surface area (Å²) >= 11 is 0. The third-order valence-electron chi connectivity index (χ3n) is 3.24. The van der Waals surface area contributed by atoms with Crippen molar-refractivity contribution < 1.29 is 0 Å². The Labute approximate surface area is 118 Å². The van der Waals surface area contributed by atoms with Gasteiger partial charge in [0, 0.05) is 31.4 Å². The molecule has 1 aromatic heterocycles. The summed E-state index contributed by atoms with van der Waals surface area (Å²) in [6.45, 7) is 16.4. The number of nitrogens with one attached hydrogen (secondary N) is 1. The summed E-state index contributed by atoms with van der Waals surface area (Å²) < 4.78 is 2.03. The van der Waals surface area contributed by atoms with Gasteiger partial charge in [-0.3, -0.25) is 4.68 Å². The molecule has 0 spiro atoms. The molecule has 0 aliphatic heterocycles. The average molecular weight is 266 g/mol. The molecule has 0 saturated heterocycles. The minimum absolute atomic E-state index is 0.0678. The highest BCUT2D eigenvalue weighted by molar-refractivity contribution is 5.04. The molecule has 0 aliphatic carbocycles. The minimum Gasteiger partial charge on any atom is -0.311 e. The first-order valence-electron chi connectivity index (χ1n) is 7.44. The van der Waals surface area contributed by atoms with Crippen molar-refractivity contribution in [1.29, 1.82) is 0 Å². The highest BCUT2D eigenvalue weighted by Crippen LogP contribution is 2.12. The molecule has 0 bridgehead atoms. The average Bonchev–Trinajstić information content (AvgIpc) is 2.81. The molecular formula is C15H30N4. The van der Waals surface area contributed by atoms with Crippen molar-refractivity contribution in [2.24, 2.45) is 0 Å². The van der Waals surface area contributed by atoms with Crippen molar-refractivity contribution in [1.82, 2.24) is 20.0 Å². The van der Waals surface area contributed by atoms with Crippen molar-refractivity contribution in [3.8, 4) is 0 Å². The number of aromatic nitrogens is 2. The molecule has 0 atom stereocenters. The third-order valence-corrected chi connectivity index (χ3v) is 3.24. The molecule has 0 fully saturated rings. The zero-order chi connectivity index (χ0) is 14.3. The maximum Gasteiger partial charge on any atom is 0.0543 e. The minimum atomic E-state index is 0.0678. The number of nitrogens with zero attached hydrogens (tertiary/aromatic N) is 3. The van der Waals surface area contributed by atoms with E-state index in [1.165, 1.54) is 18.5 Å². The van der Waals surface area contributed by atoms with Crippen molar-refractivity contribution >= 4 is 0 Å². The van der Waals surface area contributed by atoms with Crippen LogP contribution in [0.15, 0.2) is 12.4 Å². The normalized spacial score (nSPS) is 12.3. The number of hydrogen-bond donors (Lipinski definition) is 1. The summed E-state index contributed by atoms with van der Waals surface area (Å²) in [5, 5.41) is 7.91. The maximum atomic E-state index is 4.41. The Morgan fingerprint density at radius 3 is 2.53 bits per heavy atom. The molecule has 1 aromatic rings. The largest absolute Gasteiger partial charge is 0.311 e. The zero-order valence-corrected chi connectivity index (χ0v) is 13.2. The van der Waals surface area contributed by atoms with Crippen LogP contribution in [0.4, 0.5) is 0 Å². The van der Waals surface area contributed by atoms with Crippen molar-refractivity contribution in [3.05, 3.63) is 18.0 Å². The van der Waals surface area contributed by atoms with Gasteiger partial charge in [-0.1, -0.05) is 13.8 Å². The highest BCUT2D eigenvalue weighted by atomic mass is 15.3.